The normalized spacial score (nSPS) is 11.4. The van der Waals surface area contributed by atoms with E-state index in [1.165, 1.54) is 66.7 Å². The number of benzene rings is 4. The monoisotopic (exact) mass is 1710 g/mol. The molecule has 12 aromatic heterocycles. The number of nitrogens with zero attached hydrogens (tertiary/aromatic N) is 19. The fourth-order valence-corrected chi connectivity index (χ4v) is 12.7. The Bertz CT molecular complexity index is 6670. The number of aryl methyl sites for hydroxylation is 10. The molecule has 0 saturated carbocycles. The third-order valence-corrected chi connectivity index (χ3v) is 17.9. The second-order valence-electron chi connectivity index (χ2n) is 26.9. The molecule has 12 N–H and O–H groups in total. The number of aromatic nitrogens is 19. The molecule has 0 radical (unpaired) electrons. The molecule has 30 nitrogen and oxygen atoms in total. The maximum Gasteiger partial charge on any atom is 0.416 e. The number of rotatable bonds is 18. The molecule has 4 aromatic carbocycles. The lowest BCUT2D eigenvalue weighted by Gasteiger charge is -2.12. The van der Waals surface area contributed by atoms with Gasteiger partial charge in [0.2, 0.25) is 23.3 Å². The number of nitrogen functional groups attached to an aromatic ring is 4. The molecule has 0 aliphatic heterocycles. The van der Waals surface area contributed by atoms with Crippen molar-refractivity contribution in [3.8, 4) is 63.2 Å². The Hall–Kier alpha value is -15.4. The van der Waals surface area contributed by atoms with Crippen LogP contribution in [-0.2, 0) is 6.18 Å². The van der Waals surface area contributed by atoms with Crippen molar-refractivity contribution in [2.24, 2.45) is 0 Å². The number of alkyl halides is 9. The van der Waals surface area contributed by atoms with Crippen LogP contribution in [0.4, 0.5) is 131 Å². The van der Waals surface area contributed by atoms with Gasteiger partial charge in [-0.2, -0.15) is 62.2 Å². The summed E-state index contributed by atoms with van der Waals surface area (Å²) in [4.78, 5) is 59.9. The lowest BCUT2D eigenvalue weighted by Crippen LogP contribution is -2.08. The number of ether oxygens (including phenoxy) is 3. The van der Waals surface area contributed by atoms with Gasteiger partial charge in [-0.1, -0.05) is 6.07 Å². The standard InChI is InChI=1S/C20H17F4N7O.C20H17F4N7.C20H18F3N7O.C19H15F3N6O/c1-8-7-31-15(9(2)27-19(31)10(3)26-8)18-29-16(25)14(22)17(30-18)28-11-4-5-13(12(21)6-11)32-20(23)24;1-9-8-31-15(10(2)27-19(31)11(3)26-9)18-29-16(25)14(21)17(30-18)28-13-6-4-12(5-7-13)20(22,23)24;1-9-8-30-15(10(2)26-19(30)11(3)25-9)18-28-16(24)14(21)17(29-18)27-12-4-6-13(7-5-12)31-20(22)23;1-10-14(13-4-2-3-9-28(13)27-10)17-25-16(23)15(20)18(26-17)24-11-5-7-12(8-6-11)29-19(21)22/h4-7,20H,1-3H3,(H3,25,28,29,30);4-8H,1-3H3,(H3,25,28,29,30);4-8,20H,1-3H3,(H3,24,27,28,29);2-9,19H,1H3,(H3,23,24,25,26). The van der Waals surface area contributed by atoms with Gasteiger partial charge in [-0.3, -0.25) is 28.2 Å². The molecule has 16 aromatic rings. The summed E-state index contributed by atoms with van der Waals surface area (Å²) in [7, 11) is 0. The number of anilines is 12. The van der Waals surface area contributed by atoms with E-state index in [0.29, 0.717) is 85.1 Å². The zero-order valence-corrected chi connectivity index (χ0v) is 65.8. The minimum absolute atomic E-state index is 0.0177. The summed E-state index contributed by atoms with van der Waals surface area (Å²) >= 11 is 0. The summed E-state index contributed by atoms with van der Waals surface area (Å²) in [6.07, 6.45) is 2.59. The number of halogens is 14. The van der Waals surface area contributed by atoms with Crippen LogP contribution in [0.25, 0.3) is 68.4 Å². The first kappa shape index (κ1) is 85.5. The Kier molecular flexibility index (Phi) is 24.2. The lowest BCUT2D eigenvalue weighted by atomic mass is 10.2. The van der Waals surface area contributed by atoms with Gasteiger partial charge in [-0.05, 0) is 166 Å². The van der Waals surface area contributed by atoms with Crippen LogP contribution in [0.2, 0.25) is 0 Å². The molecule has 0 saturated heterocycles. The number of hydrogen-bond acceptors (Lipinski definition) is 26. The number of pyridine rings is 1. The van der Waals surface area contributed by atoms with E-state index in [2.05, 4.69) is 110 Å². The van der Waals surface area contributed by atoms with Crippen LogP contribution in [0.1, 0.15) is 62.5 Å². The van der Waals surface area contributed by atoms with Crippen molar-refractivity contribution < 1.29 is 75.7 Å². The molecule has 0 bridgehead atoms. The van der Waals surface area contributed by atoms with E-state index in [1.807, 2.05) is 52.8 Å². The summed E-state index contributed by atoms with van der Waals surface area (Å²) in [5.74, 6) is -7.11. The Morgan fingerprint density at radius 3 is 1.04 bits per heavy atom. The average molecular weight is 1710 g/mol. The van der Waals surface area contributed by atoms with Crippen LogP contribution < -0.4 is 58.4 Å². The summed E-state index contributed by atoms with van der Waals surface area (Å²) < 4.78 is 204. The third kappa shape index (κ3) is 18.9. The molecule has 0 unspecified atom stereocenters. The maximum absolute atomic E-state index is 14.6. The zero-order valence-electron chi connectivity index (χ0n) is 65.8. The molecule has 0 spiro atoms. The quantitative estimate of drug-likeness (QED) is 0.0370. The molecule has 12 heterocycles. The molecule has 0 amide bonds. The maximum atomic E-state index is 14.6. The predicted octanol–water partition coefficient (Wildman–Crippen LogP) is 17.3. The molecular weight excluding hydrogens is 1640 g/mol. The van der Waals surface area contributed by atoms with Crippen LogP contribution >= 0.6 is 0 Å². The van der Waals surface area contributed by atoms with E-state index in [4.69, 9.17) is 22.9 Å². The Balaban J connectivity index is 0.000000141. The van der Waals surface area contributed by atoms with E-state index >= 15 is 0 Å². The predicted molar refractivity (Wildman–Crippen MR) is 427 cm³/mol. The summed E-state index contributed by atoms with van der Waals surface area (Å²) in [5.41, 5.74) is 34.8. The van der Waals surface area contributed by atoms with E-state index < -0.39 is 78.0 Å². The summed E-state index contributed by atoms with van der Waals surface area (Å²) in [6.45, 7) is 8.98. The highest BCUT2D eigenvalue weighted by Crippen LogP contribution is 2.38. The molecule has 123 heavy (non-hydrogen) atoms. The first-order valence-corrected chi connectivity index (χ1v) is 36.2. The van der Waals surface area contributed by atoms with E-state index in [0.717, 1.165) is 52.6 Å². The first-order chi connectivity index (χ1) is 58.3. The van der Waals surface area contributed by atoms with Crippen LogP contribution in [-0.4, -0.2) is 112 Å². The van der Waals surface area contributed by atoms with Crippen LogP contribution in [0.15, 0.2) is 134 Å². The van der Waals surface area contributed by atoms with Gasteiger partial charge >= 0.3 is 26.0 Å². The average Bonchev–Trinajstić information content (AvgIpc) is 1.63. The van der Waals surface area contributed by atoms with E-state index in [1.54, 1.807) is 77.1 Å². The fraction of sp³-hybridized carbons (Fsp3) is 0.177. The van der Waals surface area contributed by atoms with Crippen molar-refractivity contribution in [3.63, 3.8) is 0 Å². The van der Waals surface area contributed by atoms with Crippen LogP contribution in [0.3, 0.4) is 0 Å². The largest absolute Gasteiger partial charge is 0.435 e. The highest BCUT2D eigenvalue weighted by molar-refractivity contribution is 5.81. The fourth-order valence-electron chi connectivity index (χ4n) is 12.7. The number of nitrogens with two attached hydrogens (primary N) is 4. The van der Waals surface area contributed by atoms with Crippen molar-refractivity contribution in [3.05, 3.63) is 226 Å². The molecule has 0 aliphatic carbocycles. The number of hydrogen-bond donors (Lipinski definition) is 8. The van der Waals surface area contributed by atoms with Crippen molar-refractivity contribution >= 4 is 91.8 Å². The summed E-state index contributed by atoms with van der Waals surface area (Å²) in [6, 6.07) is 23.8. The highest BCUT2D eigenvalue weighted by atomic mass is 19.4. The van der Waals surface area contributed by atoms with Crippen LogP contribution in [0, 0.1) is 98.3 Å². The smallest absolute Gasteiger partial charge is 0.416 e. The molecule has 0 atom stereocenters. The Labute approximate surface area is 685 Å². The minimum Gasteiger partial charge on any atom is -0.435 e. The van der Waals surface area contributed by atoms with Gasteiger partial charge in [-0.25, -0.2) is 63.7 Å². The lowest BCUT2D eigenvalue weighted by molar-refractivity contribution is -0.137. The van der Waals surface area contributed by atoms with Gasteiger partial charge in [0.25, 0.3) is 0 Å². The van der Waals surface area contributed by atoms with Gasteiger partial charge in [0.1, 0.15) is 28.6 Å². The van der Waals surface area contributed by atoms with Crippen molar-refractivity contribution in [1.82, 2.24) is 92.6 Å². The summed E-state index contributed by atoms with van der Waals surface area (Å²) in [5, 5.41) is 15.2. The van der Waals surface area contributed by atoms with E-state index in [-0.39, 0.29) is 81.1 Å². The molecule has 44 heteroatoms. The molecule has 634 valence electrons. The number of fused-ring (bicyclic) bond motifs is 4. The highest BCUT2D eigenvalue weighted by Gasteiger charge is 2.31. The number of imidazole rings is 3. The third-order valence-electron chi connectivity index (χ3n) is 17.9. The van der Waals surface area contributed by atoms with Gasteiger partial charge in [0.05, 0.1) is 73.6 Å². The topological polar surface area (TPSA) is 391 Å². The van der Waals surface area contributed by atoms with E-state index in [9.17, 15) is 61.5 Å². The zero-order chi connectivity index (χ0) is 88.5. The van der Waals surface area contributed by atoms with Crippen molar-refractivity contribution in [2.75, 3.05) is 44.2 Å². The van der Waals surface area contributed by atoms with Gasteiger partial charge in [0.15, 0.2) is 98.3 Å². The van der Waals surface area contributed by atoms with Gasteiger partial charge in [-0.15, -0.1) is 0 Å². The molecule has 0 aliphatic rings. The second kappa shape index (κ2) is 34.9. The van der Waals surface area contributed by atoms with Gasteiger partial charge < -0.3 is 58.4 Å². The molecule has 16 rings (SSSR count). The number of nitrogens with one attached hydrogen (secondary N) is 4. The molecule has 0 fully saturated rings. The van der Waals surface area contributed by atoms with Crippen molar-refractivity contribution in [1.29, 1.82) is 0 Å². The van der Waals surface area contributed by atoms with Crippen LogP contribution in [0.5, 0.6) is 17.2 Å². The van der Waals surface area contributed by atoms with Crippen molar-refractivity contribution in [2.45, 2.75) is 95.2 Å². The Morgan fingerprint density at radius 1 is 0.358 bits per heavy atom. The first-order valence-electron chi connectivity index (χ1n) is 36.2. The minimum atomic E-state index is -4.47. The molecular formula is C79H67F14N27O3. The Morgan fingerprint density at radius 2 is 0.691 bits per heavy atom. The SMILES string of the molecule is Cc1cn2c(-c3nc(N)c(F)c(Nc4ccc(C(F)(F)F)cc4)n3)c(C)nc2c(C)n1.Cc1cn2c(-c3nc(N)c(F)c(Nc4ccc(OC(F)F)c(F)c4)n3)c(C)nc2c(C)n1.Cc1cn2c(-c3nc(N)c(F)c(Nc4ccc(OC(F)F)cc4)n3)c(C)nc2c(C)n1.Cc1nn2ccccc2c1-c1nc(N)c(F)c(Nc2ccc(OC(F)F)cc2)n1. The second-order valence-corrected chi connectivity index (χ2v) is 26.9. The van der Waals surface area contributed by atoms with Gasteiger partial charge in [0, 0.05) is 53.6 Å².